The van der Waals surface area contributed by atoms with Crippen molar-refractivity contribution in [1.82, 2.24) is 9.97 Å². The Kier molecular flexibility index (Phi) is 1.44. The molecule has 68 valence electrons. The summed E-state index contributed by atoms with van der Waals surface area (Å²) in [5.41, 5.74) is 4.59. The molecule has 1 aliphatic heterocycles. The van der Waals surface area contributed by atoms with E-state index in [0.29, 0.717) is 6.67 Å². The zero-order chi connectivity index (χ0) is 9.42. The van der Waals surface area contributed by atoms with Gasteiger partial charge in [0.25, 0.3) is 11.1 Å². The van der Waals surface area contributed by atoms with Gasteiger partial charge in [-0.1, -0.05) is 0 Å². The quantitative estimate of drug-likeness (QED) is 0.387. The van der Waals surface area contributed by atoms with Crippen LogP contribution in [0.15, 0.2) is 9.59 Å². The molecular formula is C6H7N5O2. The van der Waals surface area contributed by atoms with E-state index in [4.69, 9.17) is 5.73 Å². The number of nitrogen functional groups attached to an aromatic ring is 1. The minimum atomic E-state index is -0.546. The van der Waals surface area contributed by atoms with Gasteiger partial charge >= 0.3 is 0 Å². The fraction of sp³-hybridized carbons (Fsp3) is 0.167. The molecule has 0 aliphatic carbocycles. The van der Waals surface area contributed by atoms with E-state index in [0.717, 1.165) is 0 Å². The Morgan fingerprint density at radius 2 is 1.92 bits per heavy atom. The van der Waals surface area contributed by atoms with E-state index in [1.807, 2.05) is 0 Å². The van der Waals surface area contributed by atoms with Gasteiger partial charge in [0.2, 0.25) is 5.95 Å². The van der Waals surface area contributed by atoms with Crippen molar-refractivity contribution >= 4 is 17.3 Å². The fourth-order valence-corrected chi connectivity index (χ4v) is 1.15. The topological polar surface area (TPSA) is 113 Å². The van der Waals surface area contributed by atoms with Crippen LogP contribution in [0.25, 0.3) is 0 Å². The minimum absolute atomic E-state index is 0.165. The molecule has 5 N–H and O–H groups in total. The van der Waals surface area contributed by atoms with E-state index in [2.05, 4.69) is 20.6 Å². The molecular weight excluding hydrogens is 174 g/mol. The van der Waals surface area contributed by atoms with E-state index in [9.17, 15) is 9.59 Å². The summed E-state index contributed by atoms with van der Waals surface area (Å²) in [5, 5.41) is 5.40. The largest absolute Gasteiger partial charge is 0.369 e. The zero-order valence-corrected chi connectivity index (χ0v) is 6.55. The van der Waals surface area contributed by atoms with E-state index < -0.39 is 11.1 Å². The van der Waals surface area contributed by atoms with Gasteiger partial charge in [-0.15, -0.1) is 0 Å². The van der Waals surface area contributed by atoms with Gasteiger partial charge in [0.05, 0.1) is 6.67 Å². The number of aromatic nitrogens is 2. The van der Waals surface area contributed by atoms with Gasteiger partial charge in [0, 0.05) is 0 Å². The average molecular weight is 181 g/mol. The highest BCUT2D eigenvalue weighted by Crippen LogP contribution is 2.14. The van der Waals surface area contributed by atoms with Crippen LogP contribution in [0.2, 0.25) is 0 Å². The smallest absolute Gasteiger partial charge is 0.298 e. The Morgan fingerprint density at radius 3 is 2.69 bits per heavy atom. The standard InChI is InChI=1S/C6H7N5O2/c7-6-10-4(12)2-3(5(13)11-6)9-1-8-2/h8-9H,1H2,(H3,7,10,11,12,13). The molecule has 1 aromatic heterocycles. The summed E-state index contributed by atoms with van der Waals surface area (Å²) in [6.07, 6.45) is 0. The molecule has 1 aliphatic rings. The van der Waals surface area contributed by atoms with Gasteiger partial charge in [-0.3, -0.25) is 14.6 Å². The predicted molar refractivity (Wildman–Crippen MR) is 47.7 cm³/mol. The lowest BCUT2D eigenvalue weighted by Crippen LogP contribution is -2.12. The average Bonchev–Trinajstić information content (AvgIpc) is 2.47. The van der Waals surface area contributed by atoms with Crippen LogP contribution in [-0.4, -0.2) is 16.6 Å². The highest BCUT2D eigenvalue weighted by atomic mass is 16.1. The number of fused-ring (bicyclic) bond motifs is 1. The van der Waals surface area contributed by atoms with E-state index in [-0.39, 0.29) is 17.3 Å². The number of hydrogen-bond donors (Lipinski definition) is 4. The first-order valence-corrected chi connectivity index (χ1v) is 3.60. The van der Waals surface area contributed by atoms with E-state index in [1.54, 1.807) is 0 Å². The monoisotopic (exact) mass is 181 g/mol. The first-order valence-electron chi connectivity index (χ1n) is 3.60. The van der Waals surface area contributed by atoms with Crippen molar-refractivity contribution in [2.24, 2.45) is 0 Å². The van der Waals surface area contributed by atoms with Gasteiger partial charge in [0.1, 0.15) is 11.4 Å². The van der Waals surface area contributed by atoms with Crippen molar-refractivity contribution < 1.29 is 0 Å². The normalized spacial score (nSPS) is 12.9. The predicted octanol–water partition coefficient (Wildman–Crippen LogP) is -1.49. The van der Waals surface area contributed by atoms with Crippen LogP contribution in [-0.2, 0) is 0 Å². The maximum absolute atomic E-state index is 11.3. The number of nitrogens with one attached hydrogen (secondary N) is 3. The maximum Gasteiger partial charge on any atom is 0.298 e. The molecule has 7 heteroatoms. The molecule has 0 bridgehead atoms. The Bertz CT molecular complexity index is 425. The lowest BCUT2D eigenvalue weighted by molar-refractivity contribution is 1.15. The first-order chi connectivity index (χ1) is 6.18. The second-order valence-corrected chi connectivity index (χ2v) is 2.54. The third kappa shape index (κ3) is 1.10. The number of H-pyrrole nitrogens is 1. The lowest BCUT2D eigenvalue weighted by Gasteiger charge is -1.87. The van der Waals surface area contributed by atoms with Crippen molar-refractivity contribution in [2.45, 2.75) is 0 Å². The van der Waals surface area contributed by atoms with Crippen LogP contribution >= 0.6 is 0 Å². The Morgan fingerprint density at radius 1 is 1.23 bits per heavy atom. The summed E-state index contributed by atoms with van der Waals surface area (Å²) < 4.78 is 0. The van der Waals surface area contributed by atoms with Crippen molar-refractivity contribution in [3.05, 3.63) is 20.7 Å². The summed E-state index contributed by atoms with van der Waals surface area (Å²) in [6, 6.07) is 0. The maximum atomic E-state index is 11.3. The summed E-state index contributed by atoms with van der Waals surface area (Å²) in [7, 11) is 0. The third-order valence-corrected chi connectivity index (χ3v) is 1.68. The Labute approximate surface area is 72.0 Å². The van der Waals surface area contributed by atoms with Crippen LogP contribution in [0.1, 0.15) is 0 Å². The number of nitrogens with two attached hydrogens (primary N) is 1. The summed E-state index contributed by atoms with van der Waals surface area (Å²) in [5.74, 6) is -0.187. The molecule has 2 heterocycles. The zero-order valence-electron chi connectivity index (χ0n) is 6.55. The molecule has 0 atom stereocenters. The van der Waals surface area contributed by atoms with Gasteiger partial charge in [-0.25, -0.2) is 0 Å². The Hall–Kier alpha value is -2.05. The summed E-state index contributed by atoms with van der Waals surface area (Å²) in [6.45, 7) is 0.346. The molecule has 0 saturated carbocycles. The second kappa shape index (κ2) is 2.47. The number of anilines is 3. The molecule has 0 amide bonds. The second-order valence-electron chi connectivity index (χ2n) is 2.54. The molecule has 0 spiro atoms. The molecule has 2 rings (SSSR count). The van der Waals surface area contributed by atoms with Crippen LogP contribution in [0.5, 0.6) is 0 Å². The van der Waals surface area contributed by atoms with Crippen LogP contribution in [0.4, 0.5) is 17.3 Å². The molecule has 7 nitrogen and oxygen atoms in total. The SMILES string of the molecule is Nc1nc(=O)c2c(c(=O)[nH]1)NCN2. The molecule has 0 aromatic carbocycles. The van der Waals surface area contributed by atoms with Gasteiger partial charge < -0.3 is 16.4 Å². The highest BCUT2D eigenvalue weighted by molar-refractivity contribution is 5.70. The summed E-state index contributed by atoms with van der Waals surface area (Å²) in [4.78, 5) is 28.2. The number of aromatic amines is 1. The lowest BCUT2D eigenvalue weighted by atomic mass is 10.4. The Balaban J connectivity index is 2.91. The van der Waals surface area contributed by atoms with Crippen molar-refractivity contribution in [3.63, 3.8) is 0 Å². The number of hydrogen-bond acceptors (Lipinski definition) is 6. The number of rotatable bonds is 0. The van der Waals surface area contributed by atoms with Crippen molar-refractivity contribution in [2.75, 3.05) is 23.0 Å². The van der Waals surface area contributed by atoms with Gasteiger partial charge in [-0.05, 0) is 0 Å². The molecule has 13 heavy (non-hydrogen) atoms. The first kappa shape index (κ1) is 7.59. The highest BCUT2D eigenvalue weighted by Gasteiger charge is 2.15. The summed E-state index contributed by atoms with van der Waals surface area (Å²) >= 11 is 0. The third-order valence-electron chi connectivity index (χ3n) is 1.68. The number of nitrogens with zero attached hydrogens (tertiary/aromatic N) is 1. The molecule has 0 radical (unpaired) electrons. The van der Waals surface area contributed by atoms with Crippen LogP contribution < -0.4 is 27.5 Å². The van der Waals surface area contributed by atoms with Crippen molar-refractivity contribution in [1.29, 1.82) is 0 Å². The molecule has 0 fully saturated rings. The fourth-order valence-electron chi connectivity index (χ4n) is 1.15. The van der Waals surface area contributed by atoms with Crippen LogP contribution in [0, 0.1) is 0 Å². The van der Waals surface area contributed by atoms with Crippen molar-refractivity contribution in [3.8, 4) is 0 Å². The van der Waals surface area contributed by atoms with Gasteiger partial charge in [0.15, 0.2) is 0 Å². The molecule has 0 saturated heterocycles. The molecule has 0 unspecified atom stereocenters. The minimum Gasteiger partial charge on any atom is -0.369 e. The van der Waals surface area contributed by atoms with E-state index in [1.165, 1.54) is 0 Å². The molecule has 1 aromatic rings. The van der Waals surface area contributed by atoms with Crippen LogP contribution in [0.3, 0.4) is 0 Å². The van der Waals surface area contributed by atoms with E-state index >= 15 is 0 Å². The van der Waals surface area contributed by atoms with Gasteiger partial charge in [-0.2, -0.15) is 4.98 Å².